The van der Waals surface area contributed by atoms with E-state index in [1.54, 1.807) is 18.2 Å². The van der Waals surface area contributed by atoms with Gasteiger partial charge in [-0.15, -0.1) is 11.3 Å². The molecule has 31 heavy (non-hydrogen) atoms. The molecule has 0 aliphatic heterocycles. The molecule has 0 saturated carbocycles. The second kappa shape index (κ2) is 11.1. The predicted octanol–water partition coefficient (Wildman–Crippen LogP) is 4.47. The average Bonchev–Trinajstić information content (AvgIpc) is 3.29. The lowest BCUT2D eigenvalue weighted by molar-refractivity contribution is -0.117. The number of para-hydroxylation sites is 1. The summed E-state index contributed by atoms with van der Waals surface area (Å²) in [4.78, 5) is 28.5. The fourth-order valence-electron chi connectivity index (χ4n) is 3.08. The zero-order valence-corrected chi connectivity index (χ0v) is 18.6. The Bertz CT molecular complexity index is 1030. The average molecular weight is 434 g/mol. The van der Waals surface area contributed by atoms with Crippen molar-refractivity contribution in [2.45, 2.75) is 13.3 Å². The highest BCUT2D eigenvalue weighted by Crippen LogP contribution is 2.14. The van der Waals surface area contributed by atoms with Crippen LogP contribution in [0.25, 0.3) is 6.08 Å². The molecule has 1 aromatic heterocycles. The number of nitrogens with zero attached hydrogens (tertiary/aromatic N) is 1. The molecule has 0 radical (unpaired) electrons. The third kappa shape index (κ3) is 6.83. The van der Waals surface area contributed by atoms with Crippen molar-refractivity contribution in [1.82, 2.24) is 10.6 Å². The molecule has 5 nitrogen and oxygen atoms in total. The molecule has 3 rings (SSSR count). The molecule has 160 valence electrons. The summed E-state index contributed by atoms with van der Waals surface area (Å²) in [6.45, 7) is 3.25. The van der Waals surface area contributed by atoms with E-state index in [1.165, 1.54) is 11.3 Å². The maximum Gasteiger partial charge on any atom is 0.267 e. The lowest BCUT2D eigenvalue weighted by atomic mass is 10.1. The Kier molecular flexibility index (Phi) is 8.01. The number of anilines is 1. The molecule has 0 bridgehead atoms. The molecule has 2 aromatic carbocycles. The quantitative estimate of drug-likeness (QED) is 0.387. The highest BCUT2D eigenvalue weighted by atomic mass is 32.1. The first kappa shape index (κ1) is 22.3. The smallest absolute Gasteiger partial charge is 0.267 e. The maximum atomic E-state index is 12.8. The third-order valence-corrected chi connectivity index (χ3v) is 5.58. The number of carbonyl (C=O) groups excluding carboxylic acids is 2. The van der Waals surface area contributed by atoms with Gasteiger partial charge in [-0.3, -0.25) is 9.59 Å². The summed E-state index contributed by atoms with van der Waals surface area (Å²) in [6.07, 6.45) is 2.50. The summed E-state index contributed by atoms with van der Waals surface area (Å²) in [6, 6.07) is 21.2. The largest absolute Gasteiger partial charge is 0.375 e. The highest BCUT2D eigenvalue weighted by Gasteiger charge is 2.15. The minimum absolute atomic E-state index is 0.241. The van der Waals surface area contributed by atoms with Gasteiger partial charge in [0.1, 0.15) is 5.70 Å². The first-order valence-corrected chi connectivity index (χ1v) is 11.1. The van der Waals surface area contributed by atoms with E-state index in [0.717, 1.165) is 29.1 Å². The molecule has 0 aliphatic carbocycles. The second-order valence-electron chi connectivity index (χ2n) is 7.26. The second-order valence-corrected chi connectivity index (χ2v) is 8.24. The van der Waals surface area contributed by atoms with Crippen LogP contribution in [0.2, 0.25) is 0 Å². The Morgan fingerprint density at radius 1 is 1.03 bits per heavy atom. The zero-order chi connectivity index (χ0) is 22.1. The summed E-state index contributed by atoms with van der Waals surface area (Å²) in [5.41, 5.74) is 2.89. The van der Waals surface area contributed by atoms with Gasteiger partial charge < -0.3 is 15.5 Å². The predicted molar refractivity (Wildman–Crippen MR) is 128 cm³/mol. The lowest BCUT2D eigenvalue weighted by Gasteiger charge is -2.19. The van der Waals surface area contributed by atoms with Gasteiger partial charge in [0.05, 0.1) is 0 Å². The van der Waals surface area contributed by atoms with Gasteiger partial charge in [-0.2, -0.15) is 0 Å². The fourth-order valence-corrected chi connectivity index (χ4v) is 3.74. The number of hydrogen-bond acceptors (Lipinski definition) is 4. The molecule has 3 aromatic rings. The normalized spacial score (nSPS) is 11.1. The molecule has 2 amide bonds. The van der Waals surface area contributed by atoms with Gasteiger partial charge in [0.25, 0.3) is 11.8 Å². The highest BCUT2D eigenvalue weighted by molar-refractivity contribution is 7.10. The maximum absolute atomic E-state index is 12.8. The van der Waals surface area contributed by atoms with E-state index in [4.69, 9.17) is 0 Å². The molecule has 0 fully saturated rings. The molecule has 0 spiro atoms. The first-order valence-electron chi connectivity index (χ1n) is 10.2. The number of carbonyl (C=O) groups is 2. The number of aryl methyl sites for hydroxylation is 1. The molecule has 1 heterocycles. The minimum atomic E-state index is -0.300. The van der Waals surface area contributed by atoms with Gasteiger partial charge in [0.2, 0.25) is 0 Å². The fraction of sp³-hybridized carbons (Fsp3) is 0.200. The summed E-state index contributed by atoms with van der Waals surface area (Å²) in [7, 11) is 2.03. The molecular weight excluding hydrogens is 406 g/mol. The van der Waals surface area contributed by atoms with Gasteiger partial charge >= 0.3 is 0 Å². The van der Waals surface area contributed by atoms with Crippen molar-refractivity contribution in [3.8, 4) is 0 Å². The monoisotopic (exact) mass is 433 g/mol. The topological polar surface area (TPSA) is 61.4 Å². The molecule has 2 N–H and O–H groups in total. The number of nitrogens with one attached hydrogen (secondary N) is 2. The van der Waals surface area contributed by atoms with Crippen molar-refractivity contribution < 1.29 is 9.59 Å². The van der Waals surface area contributed by atoms with Crippen LogP contribution in [-0.4, -0.2) is 32.0 Å². The van der Waals surface area contributed by atoms with Crippen LogP contribution in [0.15, 0.2) is 77.8 Å². The standard InChI is InChI=1S/C25H27N3O2S/c1-19-9-6-10-20(17-19)24(29)27-23(18-22-13-7-16-31-22)25(30)26-14-8-15-28(2)21-11-4-3-5-12-21/h3-7,9-13,16-18H,8,14-15H2,1-2H3,(H,26,30)(H,27,29)/b23-18-. The number of amides is 2. The minimum Gasteiger partial charge on any atom is -0.375 e. The van der Waals surface area contributed by atoms with E-state index in [-0.39, 0.29) is 17.5 Å². The van der Waals surface area contributed by atoms with Crippen molar-refractivity contribution in [1.29, 1.82) is 0 Å². The van der Waals surface area contributed by atoms with Crippen molar-refractivity contribution >= 4 is 34.9 Å². The molecular formula is C25H27N3O2S. The van der Waals surface area contributed by atoms with Crippen LogP contribution in [0, 0.1) is 6.92 Å². The molecule has 6 heteroatoms. The van der Waals surface area contributed by atoms with Gasteiger partial charge in [0.15, 0.2) is 0 Å². The third-order valence-electron chi connectivity index (χ3n) is 4.76. The van der Waals surface area contributed by atoms with E-state index in [1.807, 2.05) is 61.8 Å². The molecule has 0 atom stereocenters. The van der Waals surface area contributed by atoms with Crippen LogP contribution >= 0.6 is 11.3 Å². The van der Waals surface area contributed by atoms with Crippen molar-refractivity contribution in [3.63, 3.8) is 0 Å². The molecule has 0 saturated heterocycles. The first-order chi connectivity index (χ1) is 15.0. The van der Waals surface area contributed by atoms with Crippen LogP contribution in [0.3, 0.4) is 0 Å². The van der Waals surface area contributed by atoms with Crippen molar-refractivity contribution in [2.75, 3.05) is 25.0 Å². The Morgan fingerprint density at radius 3 is 2.55 bits per heavy atom. The zero-order valence-electron chi connectivity index (χ0n) is 17.8. The van der Waals surface area contributed by atoms with Crippen molar-refractivity contribution in [2.24, 2.45) is 0 Å². The summed E-state index contributed by atoms with van der Waals surface area (Å²) >= 11 is 1.51. The van der Waals surface area contributed by atoms with E-state index in [9.17, 15) is 9.59 Å². The Morgan fingerprint density at radius 2 is 1.84 bits per heavy atom. The van der Waals surface area contributed by atoms with Crippen LogP contribution in [0.5, 0.6) is 0 Å². The van der Waals surface area contributed by atoms with E-state index < -0.39 is 0 Å². The van der Waals surface area contributed by atoms with E-state index in [0.29, 0.717) is 12.1 Å². The number of hydrogen-bond donors (Lipinski definition) is 2. The number of rotatable bonds is 9. The summed E-state index contributed by atoms with van der Waals surface area (Å²) in [5.74, 6) is -0.595. The van der Waals surface area contributed by atoms with Gasteiger partial charge in [-0.1, -0.05) is 42.0 Å². The SMILES string of the molecule is Cc1cccc(C(=O)N/C(=C\c2cccs2)C(=O)NCCCN(C)c2ccccc2)c1. The Balaban J connectivity index is 1.60. The van der Waals surface area contributed by atoms with Crippen LogP contribution in [0.4, 0.5) is 5.69 Å². The van der Waals surface area contributed by atoms with Gasteiger partial charge in [-0.05, 0) is 55.1 Å². The summed E-state index contributed by atoms with van der Waals surface area (Å²) in [5, 5.41) is 7.64. The van der Waals surface area contributed by atoms with Crippen LogP contribution in [0.1, 0.15) is 27.2 Å². The lowest BCUT2D eigenvalue weighted by Crippen LogP contribution is -2.36. The molecule has 0 unspecified atom stereocenters. The van der Waals surface area contributed by atoms with Crippen LogP contribution in [-0.2, 0) is 4.79 Å². The Labute approximate surface area is 187 Å². The van der Waals surface area contributed by atoms with Gasteiger partial charge in [0, 0.05) is 36.3 Å². The number of thiophene rings is 1. The van der Waals surface area contributed by atoms with E-state index in [2.05, 4.69) is 27.7 Å². The molecule has 0 aliphatic rings. The Hall–Kier alpha value is -3.38. The van der Waals surface area contributed by atoms with Crippen LogP contribution < -0.4 is 15.5 Å². The summed E-state index contributed by atoms with van der Waals surface area (Å²) < 4.78 is 0. The number of benzene rings is 2. The van der Waals surface area contributed by atoms with Gasteiger partial charge in [-0.25, -0.2) is 0 Å². The van der Waals surface area contributed by atoms with E-state index >= 15 is 0 Å². The van der Waals surface area contributed by atoms with Crippen molar-refractivity contribution in [3.05, 3.63) is 93.8 Å².